The van der Waals surface area contributed by atoms with Crippen molar-refractivity contribution in [2.24, 2.45) is 0 Å². The molecule has 0 spiro atoms. The Labute approximate surface area is 181 Å². The lowest BCUT2D eigenvalue weighted by atomic mass is 10.1. The molecule has 0 aliphatic carbocycles. The highest BCUT2D eigenvalue weighted by Crippen LogP contribution is 2.25. The highest BCUT2D eigenvalue weighted by atomic mass is 32.1. The molecule has 156 valence electrons. The number of amides is 1. The number of nitrogens with one attached hydrogen (secondary N) is 2. The molecule has 1 aromatic heterocycles. The standard InChI is InChI=1S/C24H27N3O2S/c1-29-21-11-9-20(10-12-21)27-15-13-26(14-16-27)18-23(28)25-24(22-8-5-17-30-22)19-6-3-2-4-7-19/h2-12,17,24H,13-16,18H2,1H3,(H,25,28)/p+1/t24-/m0/s1. The van der Waals surface area contributed by atoms with E-state index in [0.29, 0.717) is 6.54 Å². The van der Waals surface area contributed by atoms with E-state index in [9.17, 15) is 4.79 Å². The van der Waals surface area contributed by atoms with Crippen molar-refractivity contribution in [1.82, 2.24) is 5.32 Å². The third-order valence-corrected chi connectivity index (χ3v) is 6.52. The zero-order valence-corrected chi connectivity index (χ0v) is 18.0. The fourth-order valence-electron chi connectivity index (χ4n) is 3.91. The van der Waals surface area contributed by atoms with Crippen LogP contribution in [-0.2, 0) is 4.79 Å². The summed E-state index contributed by atoms with van der Waals surface area (Å²) < 4.78 is 5.24. The number of rotatable bonds is 7. The molecule has 30 heavy (non-hydrogen) atoms. The smallest absolute Gasteiger partial charge is 0.275 e. The fourth-order valence-corrected chi connectivity index (χ4v) is 4.71. The van der Waals surface area contributed by atoms with E-state index in [1.807, 2.05) is 36.4 Å². The average molecular weight is 423 g/mol. The molecule has 1 aliphatic heterocycles. The SMILES string of the molecule is COc1ccc(N2CC[NH+](CC(=O)N[C@@H](c3ccccc3)c3cccs3)CC2)cc1. The molecule has 0 unspecified atom stereocenters. The van der Waals surface area contributed by atoms with E-state index in [-0.39, 0.29) is 11.9 Å². The molecule has 1 fully saturated rings. The minimum absolute atomic E-state index is 0.0845. The summed E-state index contributed by atoms with van der Waals surface area (Å²) >= 11 is 1.68. The maximum atomic E-state index is 12.9. The largest absolute Gasteiger partial charge is 0.497 e. The molecule has 0 saturated carbocycles. The summed E-state index contributed by atoms with van der Waals surface area (Å²) in [7, 11) is 1.68. The number of benzene rings is 2. The zero-order valence-electron chi connectivity index (χ0n) is 17.2. The van der Waals surface area contributed by atoms with Crippen molar-refractivity contribution in [3.8, 4) is 5.75 Å². The predicted molar refractivity (Wildman–Crippen MR) is 122 cm³/mol. The minimum atomic E-state index is -0.0845. The molecular weight excluding hydrogens is 394 g/mol. The van der Waals surface area contributed by atoms with Gasteiger partial charge in [0.05, 0.1) is 39.3 Å². The first-order valence-electron chi connectivity index (χ1n) is 10.3. The summed E-state index contributed by atoms with van der Waals surface area (Å²) in [6.07, 6.45) is 0. The van der Waals surface area contributed by atoms with Crippen molar-refractivity contribution in [3.63, 3.8) is 0 Å². The van der Waals surface area contributed by atoms with Gasteiger partial charge in [0.15, 0.2) is 6.54 Å². The summed E-state index contributed by atoms with van der Waals surface area (Å²) in [5.41, 5.74) is 2.33. The maximum Gasteiger partial charge on any atom is 0.275 e. The monoisotopic (exact) mass is 422 g/mol. The van der Waals surface area contributed by atoms with Crippen LogP contribution < -0.4 is 19.9 Å². The Kier molecular flexibility index (Phi) is 6.67. The second-order valence-electron chi connectivity index (χ2n) is 7.54. The fraction of sp³-hybridized carbons (Fsp3) is 0.292. The molecule has 0 bridgehead atoms. The average Bonchev–Trinajstić information content (AvgIpc) is 3.33. The lowest BCUT2D eigenvalue weighted by Crippen LogP contribution is -3.16. The summed E-state index contributed by atoms with van der Waals surface area (Å²) in [4.78, 5) is 17.7. The number of carbonyl (C=O) groups excluding carboxylic acids is 1. The zero-order chi connectivity index (χ0) is 20.8. The van der Waals surface area contributed by atoms with Gasteiger partial charge in [-0.15, -0.1) is 11.3 Å². The lowest BCUT2D eigenvalue weighted by molar-refractivity contribution is -0.892. The summed E-state index contributed by atoms with van der Waals surface area (Å²) in [5, 5.41) is 5.32. The molecule has 5 nitrogen and oxygen atoms in total. The first-order valence-corrected chi connectivity index (χ1v) is 11.2. The number of hydrogen-bond donors (Lipinski definition) is 2. The number of anilines is 1. The third-order valence-electron chi connectivity index (χ3n) is 5.58. The van der Waals surface area contributed by atoms with Gasteiger partial charge < -0.3 is 19.9 Å². The van der Waals surface area contributed by atoms with Gasteiger partial charge in [-0.2, -0.15) is 0 Å². The summed E-state index contributed by atoms with van der Waals surface area (Å²) in [6, 6.07) is 22.4. The topological polar surface area (TPSA) is 46.0 Å². The molecule has 6 heteroatoms. The number of piperazine rings is 1. The van der Waals surface area contributed by atoms with E-state index in [4.69, 9.17) is 4.74 Å². The molecule has 1 aliphatic rings. The first kappa shape index (κ1) is 20.4. The summed E-state index contributed by atoms with van der Waals surface area (Å²) in [6.45, 7) is 4.30. The molecule has 4 rings (SSSR count). The number of hydrogen-bond acceptors (Lipinski definition) is 4. The maximum absolute atomic E-state index is 12.9. The van der Waals surface area contributed by atoms with Crippen LogP contribution in [0.4, 0.5) is 5.69 Å². The second-order valence-corrected chi connectivity index (χ2v) is 8.52. The predicted octanol–water partition coefficient (Wildman–Crippen LogP) is 2.37. The molecule has 1 saturated heterocycles. The number of nitrogens with zero attached hydrogens (tertiary/aromatic N) is 1. The molecule has 2 aromatic carbocycles. The van der Waals surface area contributed by atoms with Crippen LogP contribution in [0.3, 0.4) is 0 Å². The highest BCUT2D eigenvalue weighted by molar-refractivity contribution is 7.10. The van der Waals surface area contributed by atoms with E-state index >= 15 is 0 Å². The van der Waals surface area contributed by atoms with Crippen LogP contribution >= 0.6 is 11.3 Å². The number of methoxy groups -OCH3 is 1. The molecule has 0 radical (unpaired) electrons. The van der Waals surface area contributed by atoms with E-state index in [1.165, 1.54) is 10.6 Å². The van der Waals surface area contributed by atoms with Gasteiger partial charge in [-0.1, -0.05) is 36.4 Å². The van der Waals surface area contributed by atoms with Crippen molar-refractivity contribution in [2.45, 2.75) is 6.04 Å². The molecule has 1 amide bonds. The highest BCUT2D eigenvalue weighted by Gasteiger charge is 2.24. The minimum Gasteiger partial charge on any atom is -0.497 e. The van der Waals surface area contributed by atoms with Crippen LogP contribution in [0.1, 0.15) is 16.5 Å². The van der Waals surface area contributed by atoms with Crippen molar-refractivity contribution in [1.29, 1.82) is 0 Å². The van der Waals surface area contributed by atoms with E-state index in [0.717, 1.165) is 42.4 Å². The van der Waals surface area contributed by atoms with Crippen molar-refractivity contribution in [3.05, 3.63) is 82.6 Å². The Bertz CT molecular complexity index is 921. The summed E-state index contributed by atoms with van der Waals surface area (Å²) in [5.74, 6) is 0.976. The number of thiophene rings is 1. The molecule has 3 aromatic rings. The van der Waals surface area contributed by atoms with Crippen LogP contribution in [0.5, 0.6) is 5.75 Å². The van der Waals surface area contributed by atoms with Crippen LogP contribution in [0.2, 0.25) is 0 Å². The molecular formula is C24H28N3O2S+. The van der Waals surface area contributed by atoms with Crippen molar-refractivity contribution in [2.75, 3.05) is 44.7 Å². The van der Waals surface area contributed by atoms with Crippen molar-refractivity contribution >= 4 is 22.9 Å². The van der Waals surface area contributed by atoms with Gasteiger partial charge in [-0.05, 0) is 41.3 Å². The van der Waals surface area contributed by atoms with Gasteiger partial charge in [-0.3, -0.25) is 4.79 Å². The number of ether oxygens (including phenoxy) is 1. The van der Waals surface area contributed by atoms with Gasteiger partial charge in [0, 0.05) is 10.6 Å². The Balaban J connectivity index is 1.32. The normalized spacial score (nSPS) is 15.6. The lowest BCUT2D eigenvalue weighted by Gasteiger charge is -2.33. The van der Waals surface area contributed by atoms with Crippen LogP contribution in [-0.4, -0.2) is 45.7 Å². The van der Waals surface area contributed by atoms with Gasteiger partial charge in [-0.25, -0.2) is 0 Å². The van der Waals surface area contributed by atoms with E-state index in [2.05, 4.69) is 45.9 Å². The van der Waals surface area contributed by atoms with Crippen LogP contribution in [0.25, 0.3) is 0 Å². The number of carbonyl (C=O) groups is 1. The Morgan fingerprint density at radius 1 is 1.07 bits per heavy atom. The van der Waals surface area contributed by atoms with E-state index in [1.54, 1.807) is 18.4 Å². The van der Waals surface area contributed by atoms with Gasteiger partial charge >= 0.3 is 0 Å². The van der Waals surface area contributed by atoms with Gasteiger partial charge in [0.2, 0.25) is 0 Å². The quantitative estimate of drug-likeness (QED) is 0.615. The first-order chi connectivity index (χ1) is 14.7. The van der Waals surface area contributed by atoms with Crippen LogP contribution in [0, 0.1) is 0 Å². The Morgan fingerprint density at radius 3 is 2.43 bits per heavy atom. The molecule has 1 atom stereocenters. The molecule has 2 heterocycles. The Morgan fingerprint density at radius 2 is 1.80 bits per heavy atom. The van der Waals surface area contributed by atoms with Crippen molar-refractivity contribution < 1.29 is 14.4 Å². The van der Waals surface area contributed by atoms with Crippen LogP contribution in [0.15, 0.2) is 72.1 Å². The second kappa shape index (κ2) is 9.78. The molecule has 2 N–H and O–H groups in total. The van der Waals surface area contributed by atoms with Gasteiger partial charge in [0.25, 0.3) is 5.91 Å². The Hall–Kier alpha value is -2.83. The third kappa shape index (κ3) is 5.01. The van der Waals surface area contributed by atoms with Gasteiger partial charge in [0.1, 0.15) is 5.75 Å². The van der Waals surface area contributed by atoms with E-state index < -0.39 is 0 Å². The number of quaternary nitrogens is 1.